The van der Waals surface area contributed by atoms with Crippen LogP contribution in [0.15, 0.2) is 0 Å². The maximum atomic E-state index is 15.5. The van der Waals surface area contributed by atoms with Gasteiger partial charge in [-0.15, -0.1) is 0 Å². The van der Waals surface area contributed by atoms with Gasteiger partial charge in [0.15, 0.2) is 11.0 Å². The normalized spacial score (nSPS) is 30.3. The van der Waals surface area contributed by atoms with Crippen LogP contribution in [0.1, 0.15) is 62.7 Å². The van der Waals surface area contributed by atoms with Gasteiger partial charge in [0, 0.05) is 30.2 Å². The highest BCUT2D eigenvalue weighted by Gasteiger charge is 2.50. The van der Waals surface area contributed by atoms with Gasteiger partial charge in [0.2, 0.25) is 0 Å². The average molecular weight is 568 g/mol. The number of anilines is 1. The molecule has 0 radical (unpaired) electrons. The molecule has 0 spiro atoms. The summed E-state index contributed by atoms with van der Waals surface area (Å²) in [6.45, 7) is 4.55. The molecular weight excluding hydrogens is 530 g/mol. The summed E-state index contributed by atoms with van der Waals surface area (Å²) in [5.41, 5.74) is -1.87. The largest absolute Gasteiger partial charge is 0.461 e. The van der Waals surface area contributed by atoms with Crippen molar-refractivity contribution in [3.63, 3.8) is 0 Å². The fourth-order valence-electron chi connectivity index (χ4n) is 6.74. The van der Waals surface area contributed by atoms with Crippen molar-refractivity contribution in [1.82, 2.24) is 24.8 Å². The van der Waals surface area contributed by atoms with Crippen LogP contribution in [-0.2, 0) is 4.74 Å². The van der Waals surface area contributed by atoms with Crippen LogP contribution in [0.2, 0.25) is 5.15 Å². The topological polar surface area (TPSA) is 83.9 Å². The second-order valence-corrected chi connectivity index (χ2v) is 12.5. The number of rotatable bonds is 4. The Hall–Kier alpha value is -2.53. The smallest absolute Gasteiger partial charge is 0.410 e. The Balaban J connectivity index is 1.39. The molecule has 6 heterocycles. The van der Waals surface area contributed by atoms with Gasteiger partial charge in [-0.05, 0) is 59.9 Å². The number of hydrogen-bond acceptors (Lipinski definition) is 8. The molecule has 4 fully saturated rings. The van der Waals surface area contributed by atoms with Gasteiger partial charge in [0.25, 0.3) is 0 Å². The third-order valence-corrected chi connectivity index (χ3v) is 8.57. The molecule has 212 valence electrons. The van der Waals surface area contributed by atoms with Crippen LogP contribution < -0.4 is 9.64 Å². The van der Waals surface area contributed by atoms with E-state index < -0.39 is 46.9 Å². The van der Waals surface area contributed by atoms with Crippen molar-refractivity contribution in [2.75, 3.05) is 37.7 Å². The zero-order chi connectivity index (χ0) is 30.2. The summed E-state index contributed by atoms with van der Waals surface area (Å²) in [6.07, 6.45) is 2.09. The van der Waals surface area contributed by atoms with Crippen LogP contribution in [0, 0.1) is 12.7 Å². The Bertz CT molecular complexity index is 1400. The SMILES string of the molecule is [2H]C([2H])([2H])c1nc(Cl)c(F)c2nc(OC[C@@]34CCCN3C[C@H](F)C4)nc(N3CC4CCC(C3)N4C(=O)OC(C)(C)C)c12. The number of hydrogen-bond donors (Lipinski definition) is 0. The number of aromatic nitrogens is 3. The molecule has 4 aliphatic heterocycles. The van der Waals surface area contributed by atoms with Crippen molar-refractivity contribution in [2.45, 2.75) is 89.1 Å². The van der Waals surface area contributed by atoms with E-state index in [9.17, 15) is 9.18 Å². The Morgan fingerprint density at radius 3 is 2.64 bits per heavy atom. The molecule has 12 heteroatoms. The third kappa shape index (κ3) is 4.75. The summed E-state index contributed by atoms with van der Waals surface area (Å²) in [6, 6.07) is -0.596. The number of pyridine rings is 1. The maximum absolute atomic E-state index is 15.5. The molecule has 2 unspecified atom stereocenters. The number of halogens is 3. The lowest BCUT2D eigenvalue weighted by molar-refractivity contribution is 0.0122. The van der Waals surface area contributed by atoms with Crippen LogP contribution in [0.3, 0.4) is 0 Å². The van der Waals surface area contributed by atoms with Crippen molar-refractivity contribution in [1.29, 1.82) is 0 Å². The molecule has 1 amide bonds. The number of piperazine rings is 1. The van der Waals surface area contributed by atoms with E-state index in [4.69, 9.17) is 25.2 Å². The van der Waals surface area contributed by atoms with Crippen molar-refractivity contribution in [3.05, 3.63) is 16.7 Å². The van der Waals surface area contributed by atoms with Crippen LogP contribution in [0.5, 0.6) is 6.01 Å². The predicted octanol–water partition coefficient (Wildman–Crippen LogP) is 4.67. The highest BCUT2D eigenvalue weighted by molar-refractivity contribution is 6.30. The van der Waals surface area contributed by atoms with Gasteiger partial charge in [-0.3, -0.25) is 9.80 Å². The second kappa shape index (κ2) is 9.54. The van der Waals surface area contributed by atoms with Crippen LogP contribution in [0.4, 0.5) is 19.4 Å². The van der Waals surface area contributed by atoms with E-state index in [0.29, 0.717) is 26.1 Å². The van der Waals surface area contributed by atoms with Crippen molar-refractivity contribution in [2.24, 2.45) is 0 Å². The van der Waals surface area contributed by atoms with Crippen molar-refractivity contribution < 1.29 is 27.2 Å². The number of aryl methyl sites for hydroxylation is 1. The molecule has 0 saturated carbocycles. The van der Waals surface area contributed by atoms with Crippen molar-refractivity contribution in [3.8, 4) is 6.01 Å². The van der Waals surface area contributed by atoms with E-state index in [2.05, 4.69) is 19.9 Å². The first kappa shape index (κ1) is 23.2. The molecule has 2 bridgehead atoms. The third-order valence-electron chi connectivity index (χ3n) is 8.32. The Morgan fingerprint density at radius 1 is 1.21 bits per heavy atom. The lowest BCUT2D eigenvalue weighted by Gasteiger charge is -2.42. The van der Waals surface area contributed by atoms with E-state index >= 15 is 4.39 Å². The number of carbonyl (C=O) groups is 1. The molecule has 4 saturated heterocycles. The number of amides is 1. The summed E-state index contributed by atoms with van der Waals surface area (Å²) in [5.74, 6) is -0.825. The fourth-order valence-corrected chi connectivity index (χ4v) is 6.91. The molecule has 2 aromatic heterocycles. The number of ether oxygens (including phenoxy) is 2. The van der Waals surface area contributed by atoms with E-state index in [1.165, 1.54) is 0 Å². The molecule has 9 nitrogen and oxygen atoms in total. The van der Waals surface area contributed by atoms with E-state index in [1.54, 1.807) is 4.90 Å². The summed E-state index contributed by atoms with van der Waals surface area (Å²) in [7, 11) is 0. The minimum absolute atomic E-state index is 0.0697. The highest BCUT2D eigenvalue weighted by Crippen LogP contribution is 2.41. The van der Waals surface area contributed by atoms with Crippen LogP contribution in [-0.4, -0.2) is 93.0 Å². The van der Waals surface area contributed by atoms with Crippen LogP contribution in [0.25, 0.3) is 10.9 Å². The Labute approximate surface area is 236 Å². The first-order valence-electron chi connectivity index (χ1n) is 15.0. The van der Waals surface area contributed by atoms with Gasteiger partial charge >= 0.3 is 12.1 Å². The summed E-state index contributed by atoms with van der Waals surface area (Å²) in [5, 5.41) is -0.685. The Morgan fingerprint density at radius 2 is 1.95 bits per heavy atom. The highest BCUT2D eigenvalue weighted by atomic mass is 35.5. The monoisotopic (exact) mass is 567 g/mol. The maximum Gasteiger partial charge on any atom is 0.410 e. The zero-order valence-corrected chi connectivity index (χ0v) is 23.1. The molecule has 4 aliphatic rings. The first-order valence-corrected chi connectivity index (χ1v) is 13.9. The fraction of sp³-hybridized carbons (Fsp3) is 0.704. The lowest BCUT2D eigenvalue weighted by atomic mass is 9.95. The summed E-state index contributed by atoms with van der Waals surface area (Å²) < 4.78 is 65.9. The molecule has 4 atom stereocenters. The standard InChI is InChI=1S/C27H35ClF2N6O3/c1-15-19-21(20(30)22(28)31-15)32-24(38-14-27-8-5-9-35(27)11-16(29)10-27)33-23(19)34-12-17-6-7-18(13-34)36(17)25(37)39-26(2,3)4/h16-18H,5-14H2,1-4H3/t16-,17?,18?,27+/m1/s1/i1D3. The molecule has 2 aromatic rings. The Kier molecular flexibility index (Phi) is 5.67. The molecule has 39 heavy (non-hydrogen) atoms. The molecule has 0 aromatic carbocycles. The second-order valence-electron chi connectivity index (χ2n) is 12.2. The number of nitrogens with zero attached hydrogens (tertiary/aromatic N) is 6. The van der Waals surface area contributed by atoms with Gasteiger partial charge in [-0.1, -0.05) is 11.6 Å². The number of alkyl halides is 1. The molecule has 0 N–H and O–H groups in total. The van der Waals surface area contributed by atoms with E-state index in [-0.39, 0.29) is 41.4 Å². The van der Waals surface area contributed by atoms with Crippen molar-refractivity contribution >= 4 is 34.4 Å². The van der Waals surface area contributed by atoms with Crippen LogP contribution >= 0.6 is 11.6 Å². The molecule has 6 rings (SSSR count). The van der Waals surface area contributed by atoms with Gasteiger partial charge in [0.1, 0.15) is 29.7 Å². The summed E-state index contributed by atoms with van der Waals surface area (Å²) >= 11 is 6.06. The van der Waals surface area contributed by atoms with E-state index in [1.807, 2.05) is 25.7 Å². The molecular formula is C27H35ClF2N6O3. The van der Waals surface area contributed by atoms with Gasteiger partial charge < -0.3 is 14.4 Å². The summed E-state index contributed by atoms with van der Waals surface area (Å²) in [4.78, 5) is 31.5. The first-order chi connectivity index (χ1) is 19.6. The predicted molar refractivity (Wildman–Crippen MR) is 143 cm³/mol. The quantitative estimate of drug-likeness (QED) is 0.493. The molecule has 0 aliphatic carbocycles. The minimum Gasteiger partial charge on any atom is -0.461 e. The van der Waals surface area contributed by atoms with E-state index in [0.717, 1.165) is 32.2 Å². The zero-order valence-electron chi connectivity index (χ0n) is 25.3. The van der Waals surface area contributed by atoms with Gasteiger partial charge in [-0.2, -0.15) is 9.97 Å². The van der Waals surface area contributed by atoms with Gasteiger partial charge in [0.05, 0.1) is 28.7 Å². The number of fused-ring (bicyclic) bond motifs is 4. The average Bonchev–Trinajstić information content (AvgIpc) is 3.50. The lowest BCUT2D eigenvalue weighted by Crippen LogP contribution is -2.57. The minimum atomic E-state index is -2.74. The van der Waals surface area contributed by atoms with Gasteiger partial charge in [-0.25, -0.2) is 18.6 Å². The number of carbonyl (C=O) groups excluding carboxylic acids is 1.